The first kappa shape index (κ1) is 14.1. The van der Waals surface area contributed by atoms with Gasteiger partial charge in [-0.15, -0.1) is 11.8 Å². The number of hydrogen-bond donors (Lipinski definition) is 0. The van der Waals surface area contributed by atoms with Gasteiger partial charge in [-0.25, -0.2) is 4.98 Å². The van der Waals surface area contributed by atoms with Crippen molar-refractivity contribution in [3.8, 4) is 5.88 Å². The molecule has 0 bridgehead atoms. The van der Waals surface area contributed by atoms with Crippen LogP contribution < -0.4 is 4.74 Å². The van der Waals surface area contributed by atoms with Gasteiger partial charge in [0.05, 0.1) is 10.3 Å². The van der Waals surface area contributed by atoms with Crippen LogP contribution in [0.3, 0.4) is 0 Å². The van der Waals surface area contributed by atoms with Crippen LogP contribution in [-0.4, -0.2) is 45.5 Å². The molecule has 4 heterocycles. The molecule has 114 valence electrons. The lowest BCUT2D eigenvalue weighted by Crippen LogP contribution is -2.60. The van der Waals surface area contributed by atoms with Gasteiger partial charge in [-0.1, -0.05) is 6.07 Å². The van der Waals surface area contributed by atoms with Gasteiger partial charge in [-0.2, -0.15) is 11.3 Å². The van der Waals surface area contributed by atoms with Crippen molar-refractivity contribution in [2.24, 2.45) is 0 Å². The third-order valence-corrected chi connectivity index (χ3v) is 6.37. The summed E-state index contributed by atoms with van der Waals surface area (Å²) in [5.41, 5.74) is 0.809. The Labute approximate surface area is 137 Å². The number of aromatic nitrogens is 1. The Kier molecular flexibility index (Phi) is 3.58. The number of pyridine rings is 1. The highest BCUT2D eigenvalue weighted by molar-refractivity contribution is 8.01. The van der Waals surface area contributed by atoms with E-state index in [1.54, 1.807) is 17.5 Å². The normalized spacial score (nSPS) is 22.5. The van der Waals surface area contributed by atoms with Crippen molar-refractivity contribution in [2.75, 3.05) is 18.8 Å². The summed E-state index contributed by atoms with van der Waals surface area (Å²) in [6.45, 7) is 1.66. The highest BCUT2D eigenvalue weighted by atomic mass is 32.2. The van der Waals surface area contributed by atoms with Crippen LogP contribution in [0, 0.1) is 0 Å². The Hall–Kier alpha value is -1.53. The molecule has 0 N–H and O–H groups in total. The van der Waals surface area contributed by atoms with Gasteiger partial charge >= 0.3 is 0 Å². The number of thiophene rings is 1. The molecule has 4 nitrogen and oxygen atoms in total. The first-order valence-electron chi connectivity index (χ1n) is 7.27. The second-order valence-electron chi connectivity index (χ2n) is 5.78. The predicted molar refractivity (Wildman–Crippen MR) is 88.7 cm³/mol. The van der Waals surface area contributed by atoms with Crippen molar-refractivity contribution < 1.29 is 9.53 Å². The van der Waals surface area contributed by atoms with E-state index >= 15 is 0 Å². The molecule has 0 radical (unpaired) electrons. The maximum Gasteiger partial charge on any atom is 0.254 e. The average Bonchev–Trinajstić information content (AvgIpc) is 3.16. The minimum Gasteiger partial charge on any atom is -0.473 e. The maximum absolute atomic E-state index is 12.3. The van der Waals surface area contributed by atoms with E-state index in [0.29, 0.717) is 5.88 Å². The number of carbonyl (C=O) groups is 1. The van der Waals surface area contributed by atoms with Gasteiger partial charge in [0.25, 0.3) is 5.91 Å². The summed E-state index contributed by atoms with van der Waals surface area (Å²) in [6.07, 6.45) is 2.93. The lowest BCUT2D eigenvalue weighted by Gasteiger charge is -2.47. The molecule has 0 aliphatic carbocycles. The molecule has 22 heavy (non-hydrogen) atoms. The Morgan fingerprint density at radius 2 is 2.27 bits per heavy atom. The molecule has 2 aromatic heterocycles. The van der Waals surface area contributed by atoms with E-state index < -0.39 is 0 Å². The lowest BCUT2D eigenvalue weighted by atomic mass is 9.92. The highest BCUT2D eigenvalue weighted by Crippen LogP contribution is 2.46. The van der Waals surface area contributed by atoms with Crippen molar-refractivity contribution in [2.45, 2.75) is 17.3 Å². The van der Waals surface area contributed by atoms with Gasteiger partial charge in [-0.3, -0.25) is 4.79 Å². The van der Waals surface area contributed by atoms with E-state index in [9.17, 15) is 4.79 Å². The van der Waals surface area contributed by atoms with Crippen LogP contribution in [-0.2, 0) is 0 Å². The Morgan fingerprint density at radius 3 is 3.00 bits per heavy atom. The molecule has 2 aliphatic rings. The summed E-state index contributed by atoms with van der Waals surface area (Å²) < 4.78 is 6.13. The van der Waals surface area contributed by atoms with Crippen molar-refractivity contribution in [1.29, 1.82) is 0 Å². The fourth-order valence-electron chi connectivity index (χ4n) is 3.05. The number of thioether (sulfide) groups is 1. The molecule has 0 unspecified atom stereocenters. The summed E-state index contributed by atoms with van der Waals surface area (Å²) in [5, 5.41) is 3.87. The summed E-state index contributed by atoms with van der Waals surface area (Å²) in [5.74, 6) is 1.81. The topological polar surface area (TPSA) is 42.4 Å². The molecule has 2 aliphatic heterocycles. The number of ether oxygens (including phenoxy) is 1. The molecule has 0 aromatic carbocycles. The first-order chi connectivity index (χ1) is 10.7. The number of carbonyl (C=O) groups excluding carboxylic acids is 1. The molecule has 2 aromatic rings. The van der Waals surface area contributed by atoms with Gasteiger partial charge in [0.1, 0.15) is 6.10 Å². The predicted octanol–water partition coefficient (Wildman–Crippen LogP) is 2.92. The van der Waals surface area contributed by atoms with E-state index in [0.717, 1.165) is 30.8 Å². The van der Waals surface area contributed by atoms with Crippen molar-refractivity contribution >= 4 is 29.0 Å². The fraction of sp³-hybridized carbons (Fsp3) is 0.375. The summed E-state index contributed by atoms with van der Waals surface area (Å²) in [4.78, 5) is 18.4. The lowest BCUT2D eigenvalue weighted by molar-refractivity contribution is 0.0516. The minimum atomic E-state index is 0.154. The number of rotatable bonds is 3. The zero-order chi connectivity index (χ0) is 15.0. The number of hydrogen-bond acceptors (Lipinski definition) is 5. The molecule has 2 saturated heterocycles. The van der Waals surface area contributed by atoms with Crippen LogP contribution in [0.15, 0.2) is 41.2 Å². The van der Waals surface area contributed by atoms with Crippen LogP contribution in [0.5, 0.6) is 5.88 Å². The molecule has 1 atom stereocenters. The molecule has 2 fully saturated rings. The quantitative estimate of drug-likeness (QED) is 0.867. The molecular formula is C16H16N2O2S2. The zero-order valence-electron chi connectivity index (χ0n) is 12.0. The molecule has 1 spiro atoms. The van der Waals surface area contributed by atoms with Gasteiger partial charge in [0.2, 0.25) is 5.88 Å². The average molecular weight is 332 g/mol. The molecular weight excluding hydrogens is 316 g/mol. The Balaban J connectivity index is 1.33. The van der Waals surface area contributed by atoms with Gasteiger partial charge in [-0.05, 0) is 17.5 Å². The maximum atomic E-state index is 12.3. The van der Waals surface area contributed by atoms with Crippen molar-refractivity contribution in [1.82, 2.24) is 9.88 Å². The standard InChI is InChI=1S/C16H16N2O2S2/c19-15(12-4-6-21-8-12)18-10-16(11-18)7-13(9-22-16)20-14-3-1-2-5-17-14/h1-6,8,13H,7,9-11H2/t13-/m1/s1. The molecule has 4 rings (SSSR count). The van der Waals surface area contributed by atoms with E-state index in [1.807, 2.05) is 51.7 Å². The fourth-order valence-corrected chi connectivity index (χ4v) is 5.20. The first-order valence-corrected chi connectivity index (χ1v) is 9.20. The number of likely N-dealkylation sites (tertiary alicyclic amines) is 1. The third kappa shape index (κ3) is 2.61. The monoisotopic (exact) mass is 332 g/mol. The van der Waals surface area contributed by atoms with Crippen LogP contribution in [0.25, 0.3) is 0 Å². The van der Waals surface area contributed by atoms with Crippen LogP contribution >= 0.6 is 23.1 Å². The molecule has 6 heteroatoms. The largest absolute Gasteiger partial charge is 0.473 e. The van der Waals surface area contributed by atoms with E-state index in [-0.39, 0.29) is 16.8 Å². The van der Waals surface area contributed by atoms with Crippen molar-refractivity contribution in [3.05, 3.63) is 46.8 Å². The second-order valence-corrected chi connectivity index (χ2v) is 8.05. The molecule has 0 saturated carbocycles. The van der Waals surface area contributed by atoms with Crippen molar-refractivity contribution in [3.63, 3.8) is 0 Å². The zero-order valence-corrected chi connectivity index (χ0v) is 13.6. The van der Waals surface area contributed by atoms with Gasteiger partial charge in [0.15, 0.2) is 0 Å². The Bertz CT molecular complexity index is 654. The van der Waals surface area contributed by atoms with E-state index in [1.165, 1.54) is 0 Å². The van der Waals surface area contributed by atoms with Crippen LogP contribution in [0.2, 0.25) is 0 Å². The van der Waals surface area contributed by atoms with Crippen LogP contribution in [0.1, 0.15) is 16.8 Å². The highest BCUT2D eigenvalue weighted by Gasteiger charge is 2.51. The van der Waals surface area contributed by atoms with Gasteiger partial charge in [0, 0.05) is 42.9 Å². The third-order valence-electron chi connectivity index (χ3n) is 4.11. The van der Waals surface area contributed by atoms with E-state index in [4.69, 9.17) is 4.74 Å². The van der Waals surface area contributed by atoms with Gasteiger partial charge < -0.3 is 9.64 Å². The summed E-state index contributed by atoms with van der Waals surface area (Å²) in [7, 11) is 0. The molecule has 1 amide bonds. The smallest absolute Gasteiger partial charge is 0.254 e. The van der Waals surface area contributed by atoms with E-state index in [2.05, 4.69) is 4.98 Å². The number of nitrogens with zero attached hydrogens (tertiary/aromatic N) is 2. The minimum absolute atomic E-state index is 0.154. The SMILES string of the molecule is O=C(c1ccsc1)N1CC2(C[C@@H](Oc3ccccn3)CS2)C1. The van der Waals surface area contributed by atoms with Crippen LogP contribution in [0.4, 0.5) is 0 Å². The summed E-state index contributed by atoms with van der Waals surface area (Å²) in [6, 6.07) is 7.61. The second kappa shape index (κ2) is 5.59. The number of amides is 1. The summed E-state index contributed by atoms with van der Waals surface area (Å²) >= 11 is 3.50. The Morgan fingerprint density at radius 1 is 1.36 bits per heavy atom.